The highest BCUT2D eigenvalue weighted by molar-refractivity contribution is 6.04. The zero-order chi connectivity index (χ0) is 14.1. The van der Waals surface area contributed by atoms with Crippen LogP contribution in [0.25, 0.3) is 0 Å². The molecule has 20 heavy (non-hydrogen) atoms. The smallest absolute Gasteiger partial charge is 0.258 e. The minimum Gasteiger partial charge on any atom is -0.472 e. The molecule has 0 aliphatic carbocycles. The lowest BCUT2D eigenvalue weighted by atomic mass is 10.1. The van der Waals surface area contributed by atoms with Crippen molar-refractivity contribution in [1.82, 2.24) is 4.90 Å². The Labute approximate surface area is 118 Å². The molecule has 2 heterocycles. The van der Waals surface area contributed by atoms with Gasteiger partial charge in [-0.25, -0.2) is 0 Å². The van der Waals surface area contributed by atoms with Crippen LogP contribution in [0.1, 0.15) is 35.3 Å². The first-order valence-electron chi connectivity index (χ1n) is 6.83. The molecule has 0 saturated heterocycles. The number of hydrogen-bond donors (Lipinski definition) is 1. The Kier molecular flexibility index (Phi) is 3.32. The average Bonchev–Trinajstić information content (AvgIpc) is 3.07. The molecule has 0 saturated carbocycles. The van der Waals surface area contributed by atoms with Gasteiger partial charge < -0.3 is 9.73 Å². The maximum Gasteiger partial charge on any atom is 0.258 e. The summed E-state index contributed by atoms with van der Waals surface area (Å²) in [6.45, 7) is 6.34. The molecule has 3 rings (SSSR count). The second-order valence-electron chi connectivity index (χ2n) is 5.45. The van der Waals surface area contributed by atoms with Gasteiger partial charge in [0.1, 0.15) is 6.26 Å². The first kappa shape index (κ1) is 12.9. The number of fused-ring (bicyclic) bond motifs is 1. The molecule has 1 aliphatic heterocycles. The Bertz CT molecular complexity index is 617. The molecule has 0 unspecified atom stereocenters. The molecular formula is C16H18N2O2. The molecule has 4 heteroatoms. The van der Waals surface area contributed by atoms with Gasteiger partial charge >= 0.3 is 0 Å². The Balaban J connectivity index is 1.75. The lowest BCUT2D eigenvalue weighted by Crippen LogP contribution is -2.24. The minimum absolute atomic E-state index is 0.141. The van der Waals surface area contributed by atoms with Crippen molar-refractivity contribution < 1.29 is 9.21 Å². The summed E-state index contributed by atoms with van der Waals surface area (Å²) in [5.74, 6) is -0.141. The summed E-state index contributed by atoms with van der Waals surface area (Å²) in [6.07, 6.45) is 2.95. The van der Waals surface area contributed by atoms with Crippen LogP contribution in [0.15, 0.2) is 41.2 Å². The number of hydrogen-bond acceptors (Lipinski definition) is 3. The predicted octanol–water partition coefficient (Wildman–Crippen LogP) is 3.26. The zero-order valence-electron chi connectivity index (χ0n) is 11.7. The maximum atomic E-state index is 12.0. The first-order chi connectivity index (χ1) is 9.63. The van der Waals surface area contributed by atoms with E-state index in [1.165, 1.54) is 23.7 Å². The van der Waals surface area contributed by atoms with Crippen LogP contribution >= 0.6 is 0 Å². The number of rotatable bonds is 3. The van der Waals surface area contributed by atoms with Crippen molar-refractivity contribution in [1.29, 1.82) is 0 Å². The molecule has 1 aliphatic rings. The maximum absolute atomic E-state index is 12.0. The van der Waals surface area contributed by atoms with Crippen LogP contribution in [-0.4, -0.2) is 16.8 Å². The molecule has 2 aromatic rings. The third-order valence-electron chi connectivity index (χ3n) is 3.72. The van der Waals surface area contributed by atoms with Gasteiger partial charge in [-0.1, -0.05) is 6.07 Å². The van der Waals surface area contributed by atoms with Gasteiger partial charge in [0.05, 0.1) is 11.8 Å². The van der Waals surface area contributed by atoms with E-state index in [2.05, 4.69) is 36.2 Å². The number of carbonyl (C=O) groups excluding carboxylic acids is 1. The van der Waals surface area contributed by atoms with Crippen molar-refractivity contribution in [3.8, 4) is 0 Å². The van der Waals surface area contributed by atoms with Crippen molar-refractivity contribution in [3.05, 3.63) is 53.5 Å². The Hall–Kier alpha value is -2.07. The molecule has 4 nitrogen and oxygen atoms in total. The van der Waals surface area contributed by atoms with Gasteiger partial charge in [0.25, 0.3) is 5.91 Å². The molecule has 1 aromatic heterocycles. The number of carbonyl (C=O) groups is 1. The fourth-order valence-corrected chi connectivity index (χ4v) is 2.46. The normalized spacial score (nSPS) is 14.6. The van der Waals surface area contributed by atoms with Crippen molar-refractivity contribution in [2.75, 3.05) is 5.32 Å². The van der Waals surface area contributed by atoms with Crippen LogP contribution in [0.2, 0.25) is 0 Å². The van der Waals surface area contributed by atoms with Gasteiger partial charge in [0.15, 0.2) is 0 Å². The van der Waals surface area contributed by atoms with Crippen molar-refractivity contribution in [2.24, 2.45) is 0 Å². The standard InChI is InChI=1S/C16H18N2O2/c1-11(2)18-8-12-3-4-15(7-14(12)9-18)17-16(19)13-5-6-20-10-13/h3-7,10-11H,8-9H2,1-2H3,(H,17,19). The zero-order valence-corrected chi connectivity index (χ0v) is 11.7. The van der Waals surface area contributed by atoms with E-state index in [-0.39, 0.29) is 5.91 Å². The molecule has 1 amide bonds. The molecule has 0 fully saturated rings. The van der Waals surface area contributed by atoms with E-state index >= 15 is 0 Å². The molecule has 0 atom stereocenters. The predicted molar refractivity (Wildman–Crippen MR) is 77.5 cm³/mol. The van der Waals surface area contributed by atoms with Crippen LogP contribution in [0.4, 0.5) is 5.69 Å². The molecule has 0 spiro atoms. The summed E-state index contributed by atoms with van der Waals surface area (Å²) < 4.78 is 4.92. The van der Waals surface area contributed by atoms with Crippen LogP contribution in [0.5, 0.6) is 0 Å². The monoisotopic (exact) mass is 270 g/mol. The second-order valence-corrected chi connectivity index (χ2v) is 5.45. The van der Waals surface area contributed by atoms with Gasteiger partial charge in [-0.2, -0.15) is 0 Å². The van der Waals surface area contributed by atoms with E-state index < -0.39 is 0 Å². The minimum atomic E-state index is -0.141. The van der Waals surface area contributed by atoms with Crippen molar-refractivity contribution in [2.45, 2.75) is 33.0 Å². The lowest BCUT2D eigenvalue weighted by Gasteiger charge is -2.18. The van der Waals surface area contributed by atoms with Gasteiger partial charge in [0, 0.05) is 24.8 Å². The molecule has 1 aromatic carbocycles. The Morgan fingerprint density at radius 2 is 2.05 bits per heavy atom. The van der Waals surface area contributed by atoms with Crippen molar-refractivity contribution in [3.63, 3.8) is 0 Å². The number of nitrogens with zero attached hydrogens (tertiary/aromatic N) is 1. The third kappa shape index (κ3) is 2.47. The summed E-state index contributed by atoms with van der Waals surface area (Å²) >= 11 is 0. The number of amides is 1. The number of nitrogens with one attached hydrogen (secondary N) is 1. The molecule has 0 radical (unpaired) electrons. The Morgan fingerprint density at radius 1 is 1.25 bits per heavy atom. The van der Waals surface area contributed by atoms with Crippen molar-refractivity contribution >= 4 is 11.6 Å². The van der Waals surface area contributed by atoms with Gasteiger partial charge in [-0.05, 0) is 43.2 Å². The first-order valence-corrected chi connectivity index (χ1v) is 6.83. The topological polar surface area (TPSA) is 45.5 Å². The molecule has 0 bridgehead atoms. The summed E-state index contributed by atoms with van der Waals surface area (Å²) in [5.41, 5.74) is 4.01. The van der Waals surface area contributed by atoms with Crippen LogP contribution in [-0.2, 0) is 13.1 Å². The fourth-order valence-electron chi connectivity index (χ4n) is 2.46. The summed E-state index contributed by atoms with van der Waals surface area (Å²) in [6, 6.07) is 8.31. The SMILES string of the molecule is CC(C)N1Cc2ccc(NC(=O)c3ccoc3)cc2C1. The summed E-state index contributed by atoms with van der Waals surface area (Å²) in [4.78, 5) is 14.4. The quantitative estimate of drug-likeness (QED) is 0.931. The third-order valence-corrected chi connectivity index (χ3v) is 3.72. The van der Waals surface area contributed by atoms with Gasteiger partial charge in [-0.15, -0.1) is 0 Å². The van der Waals surface area contributed by atoms with E-state index in [1.807, 2.05) is 6.07 Å². The van der Waals surface area contributed by atoms with Crippen LogP contribution in [0.3, 0.4) is 0 Å². The average molecular weight is 270 g/mol. The molecular weight excluding hydrogens is 252 g/mol. The fraction of sp³-hybridized carbons (Fsp3) is 0.312. The highest BCUT2D eigenvalue weighted by Gasteiger charge is 2.21. The van der Waals surface area contributed by atoms with E-state index in [1.54, 1.807) is 6.07 Å². The van der Waals surface area contributed by atoms with E-state index in [0.29, 0.717) is 11.6 Å². The largest absolute Gasteiger partial charge is 0.472 e. The van der Waals surface area contributed by atoms with Crippen LogP contribution in [0, 0.1) is 0 Å². The number of furan rings is 1. The second kappa shape index (κ2) is 5.13. The summed E-state index contributed by atoms with van der Waals surface area (Å²) in [7, 11) is 0. The van der Waals surface area contributed by atoms with Gasteiger partial charge in [-0.3, -0.25) is 9.69 Å². The molecule has 1 N–H and O–H groups in total. The van der Waals surface area contributed by atoms with E-state index in [9.17, 15) is 4.79 Å². The van der Waals surface area contributed by atoms with Crippen LogP contribution < -0.4 is 5.32 Å². The highest BCUT2D eigenvalue weighted by atomic mass is 16.3. The Morgan fingerprint density at radius 3 is 2.75 bits per heavy atom. The van der Waals surface area contributed by atoms with Gasteiger partial charge in [0.2, 0.25) is 0 Å². The molecule has 104 valence electrons. The number of anilines is 1. The van der Waals surface area contributed by atoms with E-state index in [0.717, 1.165) is 18.8 Å². The lowest BCUT2D eigenvalue weighted by molar-refractivity contribution is 0.102. The number of benzene rings is 1. The summed E-state index contributed by atoms with van der Waals surface area (Å²) in [5, 5.41) is 2.90. The van der Waals surface area contributed by atoms with E-state index in [4.69, 9.17) is 4.42 Å². The highest BCUT2D eigenvalue weighted by Crippen LogP contribution is 2.27.